The second-order valence-electron chi connectivity index (χ2n) is 4.54. The Morgan fingerprint density at radius 3 is 2.67 bits per heavy atom. The topological polar surface area (TPSA) is 65.1 Å². The fraction of sp³-hybridized carbons (Fsp3) is 0.333. The van der Waals surface area contributed by atoms with Gasteiger partial charge in [-0.3, -0.25) is 4.90 Å². The van der Waals surface area contributed by atoms with Crippen molar-refractivity contribution in [2.45, 2.75) is 25.7 Å². The van der Waals surface area contributed by atoms with Gasteiger partial charge in [0.1, 0.15) is 12.7 Å². The van der Waals surface area contributed by atoms with E-state index in [1.807, 2.05) is 30.3 Å². The van der Waals surface area contributed by atoms with Crippen LogP contribution < -0.4 is 0 Å². The highest BCUT2D eigenvalue weighted by Crippen LogP contribution is 2.18. The molecule has 21 heavy (non-hydrogen) atoms. The maximum absolute atomic E-state index is 12.1. The van der Waals surface area contributed by atoms with Crippen LogP contribution >= 0.6 is 0 Å². The molecular weight excluding hydrogens is 274 g/mol. The Balaban J connectivity index is 2.04. The molecule has 1 aliphatic rings. The van der Waals surface area contributed by atoms with Gasteiger partial charge in [0.2, 0.25) is 0 Å². The number of nitrogens with zero attached hydrogens (tertiary/aromatic N) is 1. The largest absolute Gasteiger partial charge is 0.494 e. The Labute approximate surface area is 122 Å². The van der Waals surface area contributed by atoms with Gasteiger partial charge < -0.3 is 14.2 Å². The van der Waals surface area contributed by atoms with Gasteiger partial charge in [0.25, 0.3) is 0 Å². The smallest absolute Gasteiger partial charge is 0.415 e. The van der Waals surface area contributed by atoms with Crippen molar-refractivity contribution in [3.8, 4) is 0 Å². The normalized spacial score (nSPS) is 20.6. The summed E-state index contributed by atoms with van der Waals surface area (Å²) in [5.41, 5.74) is 0.866. The number of ether oxygens (including phenoxy) is 3. The molecule has 1 aromatic rings. The minimum Gasteiger partial charge on any atom is -0.494 e. The highest BCUT2D eigenvalue weighted by atomic mass is 16.6. The molecule has 1 aliphatic heterocycles. The molecule has 0 saturated carbocycles. The highest BCUT2D eigenvalue weighted by molar-refractivity contribution is 5.83. The molecule has 2 atom stereocenters. The summed E-state index contributed by atoms with van der Waals surface area (Å²) >= 11 is 0. The average molecular weight is 291 g/mol. The molecule has 0 aliphatic carbocycles. The second-order valence-corrected chi connectivity index (χ2v) is 4.54. The molecule has 0 saturated heterocycles. The van der Waals surface area contributed by atoms with Crippen molar-refractivity contribution in [1.29, 1.82) is 0 Å². The van der Waals surface area contributed by atoms with Gasteiger partial charge in [-0.05, 0) is 12.5 Å². The number of esters is 1. The number of hydrogen-bond acceptors (Lipinski definition) is 5. The molecule has 0 N–H and O–H groups in total. The SMILES string of the molecule is COC(=O)[C@@H]1[C@@H](C)OC=CN1C(=O)OCc1ccccc1. The molecule has 1 amide bonds. The van der Waals surface area contributed by atoms with Crippen LogP contribution in [0.15, 0.2) is 42.8 Å². The van der Waals surface area contributed by atoms with Gasteiger partial charge in [-0.2, -0.15) is 0 Å². The standard InChI is InChI=1S/C15H17NO5/c1-11-13(14(17)19-2)16(8-9-20-11)15(18)21-10-12-6-4-3-5-7-12/h3-9,11,13H,10H2,1-2H3/t11-,13+/m1/s1. The number of carbonyl (C=O) groups is 2. The van der Waals surface area contributed by atoms with Gasteiger partial charge in [-0.25, -0.2) is 9.59 Å². The number of methoxy groups -OCH3 is 1. The van der Waals surface area contributed by atoms with Crippen molar-refractivity contribution in [1.82, 2.24) is 4.90 Å². The summed E-state index contributed by atoms with van der Waals surface area (Å²) in [7, 11) is 1.26. The molecule has 0 fully saturated rings. The first-order valence-electron chi connectivity index (χ1n) is 6.52. The maximum atomic E-state index is 12.1. The Hall–Kier alpha value is -2.50. The van der Waals surface area contributed by atoms with Gasteiger partial charge in [-0.15, -0.1) is 0 Å². The van der Waals surface area contributed by atoms with E-state index in [2.05, 4.69) is 0 Å². The molecule has 0 radical (unpaired) electrons. The van der Waals surface area contributed by atoms with E-state index in [1.54, 1.807) is 6.92 Å². The molecule has 0 bridgehead atoms. The van der Waals surface area contributed by atoms with Crippen molar-refractivity contribution >= 4 is 12.1 Å². The lowest BCUT2D eigenvalue weighted by Gasteiger charge is -2.32. The van der Waals surface area contributed by atoms with Crippen LogP contribution in [0.1, 0.15) is 12.5 Å². The summed E-state index contributed by atoms with van der Waals surface area (Å²) in [6.07, 6.45) is 1.59. The van der Waals surface area contributed by atoms with Crippen molar-refractivity contribution in [3.63, 3.8) is 0 Å². The summed E-state index contributed by atoms with van der Waals surface area (Å²) in [6, 6.07) is 8.44. The van der Waals surface area contributed by atoms with E-state index in [0.29, 0.717) is 0 Å². The molecule has 2 rings (SSSR count). The molecule has 6 nitrogen and oxygen atoms in total. The number of carbonyl (C=O) groups excluding carboxylic acids is 2. The van der Waals surface area contributed by atoms with Crippen LogP contribution in [-0.2, 0) is 25.6 Å². The van der Waals surface area contributed by atoms with Gasteiger partial charge in [0.15, 0.2) is 6.04 Å². The van der Waals surface area contributed by atoms with E-state index in [9.17, 15) is 9.59 Å². The first kappa shape index (κ1) is 14.9. The third kappa shape index (κ3) is 3.53. The molecule has 112 valence electrons. The van der Waals surface area contributed by atoms with Gasteiger partial charge in [0, 0.05) is 6.20 Å². The minimum absolute atomic E-state index is 0.132. The highest BCUT2D eigenvalue weighted by Gasteiger charge is 2.38. The molecule has 0 spiro atoms. The number of benzene rings is 1. The van der Waals surface area contributed by atoms with E-state index in [0.717, 1.165) is 5.56 Å². The Morgan fingerprint density at radius 2 is 2.00 bits per heavy atom. The molecule has 1 heterocycles. The number of rotatable bonds is 3. The first-order chi connectivity index (χ1) is 10.1. The van der Waals surface area contributed by atoms with Crippen LogP contribution in [0.2, 0.25) is 0 Å². The first-order valence-corrected chi connectivity index (χ1v) is 6.52. The molecule has 0 aromatic heterocycles. The van der Waals surface area contributed by atoms with Crippen LogP contribution in [0, 0.1) is 0 Å². The van der Waals surface area contributed by atoms with Crippen LogP contribution in [0.5, 0.6) is 0 Å². The molecule has 0 unspecified atom stereocenters. The second kappa shape index (κ2) is 6.78. The van der Waals surface area contributed by atoms with E-state index >= 15 is 0 Å². The molecule has 1 aromatic carbocycles. The third-order valence-corrected chi connectivity index (χ3v) is 3.12. The van der Waals surface area contributed by atoms with Crippen molar-refractivity contribution < 1.29 is 23.8 Å². The zero-order valence-corrected chi connectivity index (χ0v) is 11.9. The predicted molar refractivity (Wildman–Crippen MR) is 74.0 cm³/mol. The number of hydrogen-bond donors (Lipinski definition) is 0. The molecule has 6 heteroatoms. The van der Waals surface area contributed by atoms with E-state index < -0.39 is 24.2 Å². The van der Waals surface area contributed by atoms with Crippen molar-refractivity contribution in [2.24, 2.45) is 0 Å². The fourth-order valence-corrected chi connectivity index (χ4v) is 2.01. The fourth-order valence-electron chi connectivity index (χ4n) is 2.01. The van der Waals surface area contributed by atoms with Gasteiger partial charge in [-0.1, -0.05) is 30.3 Å². The Morgan fingerprint density at radius 1 is 1.29 bits per heavy atom. The van der Waals surface area contributed by atoms with Crippen molar-refractivity contribution in [3.05, 3.63) is 48.4 Å². The zero-order valence-electron chi connectivity index (χ0n) is 11.9. The van der Waals surface area contributed by atoms with Crippen LogP contribution in [0.4, 0.5) is 4.79 Å². The van der Waals surface area contributed by atoms with Crippen molar-refractivity contribution in [2.75, 3.05) is 7.11 Å². The summed E-state index contributed by atoms with van der Waals surface area (Å²) in [5.74, 6) is -0.552. The lowest BCUT2D eigenvalue weighted by Crippen LogP contribution is -2.51. The van der Waals surface area contributed by atoms with Gasteiger partial charge in [0.05, 0.1) is 13.4 Å². The summed E-state index contributed by atoms with van der Waals surface area (Å²) in [5, 5.41) is 0. The van der Waals surface area contributed by atoms with Crippen LogP contribution in [0.3, 0.4) is 0 Å². The summed E-state index contributed by atoms with van der Waals surface area (Å²) in [4.78, 5) is 25.1. The lowest BCUT2D eigenvalue weighted by molar-refractivity contribution is -0.150. The van der Waals surface area contributed by atoms with E-state index in [4.69, 9.17) is 14.2 Å². The minimum atomic E-state index is -0.858. The molecular formula is C15H17NO5. The monoisotopic (exact) mass is 291 g/mol. The predicted octanol–water partition coefficient (Wildman–Crippen LogP) is 2.06. The zero-order chi connectivity index (χ0) is 15.2. The lowest BCUT2D eigenvalue weighted by atomic mass is 10.1. The quantitative estimate of drug-likeness (QED) is 0.797. The van der Waals surface area contributed by atoms with E-state index in [-0.39, 0.29) is 6.61 Å². The Bertz CT molecular complexity index is 528. The van der Waals surface area contributed by atoms with Crippen LogP contribution in [0.25, 0.3) is 0 Å². The summed E-state index contributed by atoms with van der Waals surface area (Å²) < 4.78 is 15.1. The summed E-state index contributed by atoms with van der Waals surface area (Å²) in [6.45, 7) is 1.82. The van der Waals surface area contributed by atoms with Crippen LogP contribution in [-0.4, -0.2) is 36.2 Å². The maximum Gasteiger partial charge on any atom is 0.415 e. The van der Waals surface area contributed by atoms with Gasteiger partial charge >= 0.3 is 12.1 Å². The Kier molecular flexibility index (Phi) is 4.81. The number of amides is 1. The van der Waals surface area contributed by atoms with E-state index in [1.165, 1.54) is 24.5 Å². The average Bonchev–Trinajstić information content (AvgIpc) is 2.52. The third-order valence-electron chi connectivity index (χ3n) is 3.12.